The number of benzene rings is 2. The summed E-state index contributed by atoms with van der Waals surface area (Å²) < 4.78 is 5.82. The molecule has 0 fully saturated rings. The number of halogens is 1. The fraction of sp³-hybridized carbons (Fsp3) is 0.235. The van der Waals surface area contributed by atoms with Gasteiger partial charge in [-0.2, -0.15) is 0 Å². The predicted octanol–water partition coefficient (Wildman–Crippen LogP) is 2.98. The van der Waals surface area contributed by atoms with Crippen molar-refractivity contribution in [3.8, 4) is 5.75 Å². The molecule has 0 radical (unpaired) electrons. The molecule has 0 unspecified atom stereocenters. The molecule has 2 N–H and O–H groups in total. The second-order valence-corrected chi connectivity index (χ2v) is 5.80. The normalized spacial score (nSPS) is 21.0. The first-order valence-corrected chi connectivity index (χ1v) is 7.51. The molecule has 0 spiro atoms. The van der Waals surface area contributed by atoms with E-state index in [1.807, 2.05) is 55.5 Å². The summed E-state index contributed by atoms with van der Waals surface area (Å²) in [5.74, 6) is 0.526. The summed E-state index contributed by atoms with van der Waals surface area (Å²) in [5.41, 5.74) is 7.75. The minimum absolute atomic E-state index is 0.146. The number of nitrogens with two attached hydrogens (primary N) is 1. The van der Waals surface area contributed by atoms with Crippen molar-refractivity contribution in [1.82, 2.24) is 0 Å². The van der Waals surface area contributed by atoms with Crippen molar-refractivity contribution in [3.63, 3.8) is 0 Å². The standard InChI is InChI=1S/C17H17ClN2O2/c1-11-16(19)17(21)20(10-12-6-8-13(18)9-7-12)14-4-2-3-5-15(14)22-11/h2-9,11,16H,10,19H2,1H3/t11-,16+/m1/s1. The number of hydrogen-bond donors (Lipinski definition) is 1. The van der Waals surface area contributed by atoms with Gasteiger partial charge in [-0.25, -0.2) is 0 Å². The first kappa shape index (κ1) is 14.9. The van der Waals surface area contributed by atoms with Crippen LogP contribution in [0.5, 0.6) is 5.75 Å². The molecular weight excluding hydrogens is 300 g/mol. The van der Waals surface area contributed by atoms with Gasteiger partial charge in [-0.05, 0) is 36.8 Å². The van der Waals surface area contributed by atoms with Crippen LogP contribution in [0.4, 0.5) is 5.69 Å². The highest BCUT2D eigenvalue weighted by atomic mass is 35.5. The first-order valence-electron chi connectivity index (χ1n) is 7.13. The Bertz CT molecular complexity index is 687. The van der Waals surface area contributed by atoms with Gasteiger partial charge in [-0.1, -0.05) is 35.9 Å². The Morgan fingerprint density at radius 2 is 1.86 bits per heavy atom. The van der Waals surface area contributed by atoms with Crippen molar-refractivity contribution in [2.24, 2.45) is 5.73 Å². The van der Waals surface area contributed by atoms with E-state index in [9.17, 15) is 4.79 Å². The molecule has 0 aliphatic carbocycles. The summed E-state index contributed by atoms with van der Waals surface area (Å²) in [4.78, 5) is 14.4. The van der Waals surface area contributed by atoms with Gasteiger partial charge in [0.15, 0.2) is 0 Å². The summed E-state index contributed by atoms with van der Waals surface area (Å²) in [5, 5.41) is 0.667. The highest BCUT2D eigenvalue weighted by Gasteiger charge is 2.33. The minimum atomic E-state index is -0.695. The number of ether oxygens (including phenoxy) is 1. The van der Waals surface area contributed by atoms with E-state index in [0.717, 1.165) is 11.3 Å². The molecule has 0 bridgehead atoms. The van der Waals surface area contributed by atoms with Crippen molar-refractivity contribution in [2.45, 2.75) is 25.6 Å². The lowest BCUT2D eigenvalue weighted by Crippen LogP contribution is -2.49. The smallest absolute Gasteiger partial charge is 0.248 e. The molecule has 1 aliphatic heterocycles. The average Bonchev–Trinajstić information content (AvgIpc) is 2.61. The number of hydrogen-bond acceptors (Lipinski definition) is 3. The van der Waals surface area contributed by atoms with E-state index in [0.29, 0.717) is 17.3 Å². The van der Waals surface area contributed by atoms with Crippen LogP contribution < -0.4 is 15.4 Å². The summed E-state index contributed by atoms with van der Waals surface area (Å²) >= 11 is 5.91. The Labute approximate surface area is 134 Å². The van der Waals surface area contributed by atoms with Gasteiger partial charge < -0.3 is 15.4 Å². The lowest BCUT2D eigenvalue weighted by Gasteiger charge is -2.23. The lowest BCUT2D eigenvalue weighted by atomic mass is 10.1. The molecule has 5 heteroatoms. The molecule has 1 amide bonds. The van der Waals surface area contributed by atoms with E-state index in [-0.39, 0.29) is 12.0 Å². The highest BCUT2D eigenvalue weighted by Crippen LogP contribution is 2.33. The van der Waals surface area contributed by atoms with Crippen molar-refractivity contribution in [1.29, 1.82) is 0 Å². The molecule has 2 aromatic rings. The Hall–Kier alpha value is -2.04. The van der Waals surface area contributed by atoms with E-state index in [4.69, 9.17) is 22.1 Å². The zero-order chi connectivity index (χ0) is 15.7. The minimum Gasteiger partial charge on any atom is -0.486 e. The zero-order valence-electron chi connectivity index (χ0n) is 12.2. The Morgan fingerprint density at radius 3 is 2.59 bits per heavy atom. The number of para-hydroxylation sites is 2. The molecule has 2 atom stereocenters. The number of nitrogens with zero attached hydrogens (tertiary/aromatic N) is 1. The van der Waals surface area contributed by atoms with Crippen molar-refractivity contribution < 1.29 is 9.53 Å². The maximum atomic E-state index is 12.7. The van der Waals surface area contributed by atoms with E-state index in [2.05, 4.69) is 0 Å². The van der Waals surface area contributed by atoms with Crippen LogP contribution in [0, 0.1) is 0 Å². The quantitative estimate of drug-likeness (QED) is 0.926. The van der Waals surface area contributed by atoms with Crippen LogP contribution in [0.15, 0.2) is 48.5 Å². The second kappa shape index (κ2) is 5.99. The van der Waals surface area contributed by atoms with Gasteiger partial charge in [0.25, 0.3) is 0 Å². The topological polar surface area (TPSA) is 55.6 Å². The number of carbonyl (C=O) groups is 1. The number of fused-ring (bicyclic) bond motifs is 1. The van der Waals surface area contributed by atoms with E-state index < -0.39 is 6.04 Å². The van der Waals surface area contributed by atoms with Crippen LogP contribution in [-0.2, 0) is 11.3 Å². The predicted molar refractivity (Wildman–Crippen MR) is 87.1 cm³/mol. The summed E-state index contributed by atoms with van der Waals surface area (Å²) in [6, 6.07) is 14.2. The maximum Gasteiger partial charge on any atom is 0.248 e. The van der Waals surface area contributed by atoms with Gasteiger partial charge in [0.05, 0.1) is 12.2 Å². The largest absolute Gasteiger partial charge is 0.486 e. The van der Waals surface area contributed by atoms with Crippen molar-refractivity contribution in [2.75, 3.05) is 4.90 Å². The molecule has 0 saturated carbocycles. The molecule has 0 saturated heterocycles. The van der Waals surface area contributed by atoms with Gasteiger partial charge in [0, 0.05) is 5.02 Å². The number of amides is 1. The van der Waals surface area contributed by atoms with Crippen LogP contribution >= 0.6 is 11.6 Å². The fourth-order valence-electron chi connectivity index (χ4n) is 2.49. The molecule has 0 aromatic heterocycles. The molecule has 4 nitrogen and oxygen atoms in total. The van der Waals surface area contributed by atoms with Gasteiger partial charge in [0.1, 0.15) is 17.9 Å². The molecule has 1 heterocycles. The number of carbonyl (C=O) groups excluding carboxylic acids is 1. The molecule has 2 aromatic carbocycles. The van der Waals surface area contributed by atoms with Crippen LogP contribution in [0.1, 0.15) is 12.5 Å². The summed E-state index contributed by atoms with van der Waals surface area (Å²) in [6.45, 7) is 2.24. The number of anilines is 1. The van der Waals surface area contributed by atoms with Crippen LogP contribution in [0.2, 0.25) is 5.02 Å². The van der Waals surface area contributed by atoms with Crippen LogP contribution in [0.3, 0.4) is 0 Å². The third-order valence-electron chi connectivity index (χ3n) is 3.78. The third kappa shape index (κ3) is 2.80. The maximum absolute atomic E-state index is 12.7. The highest BCUT2D eigenvalue weighted by molar-refractivity contribution is 6.30. The monoisotopic (exact) mass is 316 g/mol. The Kier molecular flexibility index (Phi) is 4.05. The second-order valence-electron chi connectivity index (χ2n) is 5.37. The zero-order valence-corrected chi connectivity index (χ0v) is 13.0. The molecule has 3 rings (SSSR count). The van der Waals surface area contributed by atoms with E-state index in [1.165, 1.54) is 0 Å². The summed E-state index contributed by atoms with van der Waals surface area (Å²) in [7, 11) is 0. The number of rotatable bonds is 2. The van der Waals surface area contributed by atoms with Gasteiger partial charge in [0.2, 0.25) is 5.91 Å². The molecular formula is C17H17ClN2O2. The molecule has 1 aliphatic rings. The van der Waals surface area contributed by atoms with Crippen LogP contribution in [-0.4, -0.2) is 18.1 Å². The van der Waals surface area contributed by atoms with Crippen molar-refractivity contribution >= 4 is 23.2 Å². The Balaban J connectivity index is 1.99. The lowest BCUT2D eigenvalue weighted by molar-refractivity contribution is -0.121. The molecule has 114 valence electrons. The molecule has 22 heavy (non-hydrogen) atoms. The van der Waals surface area contributed by atoms with Crippen molar-refractivity contribution in [3.05, 3.63) is 59.1 Å². The van der Waals surface area contributed by atoms with E-state index in [1.54, 1.807) is 4.90 Å². The average molecular weight is 317 g/mol. The van der Waals surface area contributed by atoms with Gasteiger partial charge in [-0.3, -0.25) is 4.79 Å². The fourth-order valence-corrected chi connectivity index (χ4v) is 2.61. The van der Waals surface area contributed by atoms with E-state index >= 15 is 0 Å². The SMILES string of the molecule is C[C@H]1Oc2ccccc2N(Cc2ccc(Cl)cc2)C(=O)[C@H]1N. The Morgan fingerprint density at radius 1 is 1.18 bits per heavy atom. The third-order valence-corrected chi connectivity index (χ3v) is 4.03. The summed E-state index contributed by atoms with van der Waals surface area (Å²) in [6.07, 6.45) is -0.371. The first-order chi connectivity index (χ1) is 10.6. The van der Waals surface area contributed by atoms with Crippen LogP contribution in [0.25, 0.3) is 0 Å². The van der Waals surface area contributed by atoms with Gasteiger partial charge in [-0.15, -0.1) is 0 Å². The van der Waals surface area contributed by atoms with Gasteiger partial charge >= 0.3 is 0 Å².